The Morgan fingerprint density at radius 1 is 1.38 bits per heavy atom. The molecule has 1 aliphatic rings. The van der Waals surface area contributed by atoms with E-state index in [0.29, 0.717) is 18.5 Å². The van der Waals surface area contributed by atoms with Gasteiger partial charge in [0.1, 0.15) is 11.3 Å². The summed E-state index contributed by atoms with van der Waals surface area (Å²) in [5.74, 6) is -0.435. The summed E-state index contributed by atoms with van der Waals surface area (Å²) in [6, 6.07) is 6.39. The maximum Gasteiger partial charge on any atom is 0.387 e. The van der Waals surface area contributed by atoms with E-state index >= 15 is 0 Å². The minimum atomic E-state index is -2.95. The number of nitrogens with zero attached hydrogens (tertiary/aromatic N) is 1. The second kappa shape index (κ2) is 8.15. The normalized spacial score (nSPS) is 16.3. The average Bonchev–Trinajstić information content (AvgIpc) is 2.56. The highest BCUT2D eigenvalue weighted by Gasteiger charge is 2.33. The molecule has 1 aliphatic carbocycles. The Morgan fingerprint density at radius 2 is 2.08 bits per heavy atom. The minimum absolute atomic E-state index is 0.0153. The van der Waals surface area contributed by atoms with E-state index in [-0.39, 0.29) is 23.2 Å². The highest BCUT2D eigenvalue weighted by Crippen LogP contribution is 2.29. The number of anilines is 1. The lowest BCUT2D eigenvalue weighted by Gasteiger charge is -2.31. The maximum absolute atomic E-state index is 12.2. The van der Waals surface area contributed by atoms with Crippen LogP contribution in [0.5, 0.6) is 5.75 Å². The van der Waals surface area contributed by atoms with Gasteiger partial charge in [0.2, 0.25) is 5.91 Å². The molecule has 0 heterocycles. The maximum atomic E-state index is 12.2. The van der Waals surface area contributed by atoms with Crippen molar-refractivity contribution in [3.8, 4) is 11.8 Å². The van der Waals surface area contributed by atoms with Crippen LogP contribution in [-0.4, -0.2) is 24.6 Å². The first-order valence-corrected chi connectivity index (χ1v) is 8.02. The number of rotatable bonds is 6. The van der Waals surface area contributed by atoms with Gasteiger partial charge < -0.3 is 15.4 Å². The molecule has 2 rings (SSSR count). The summed E-state index contributed by atoms with van der Waals surface area (Å²) < 4.78 is 28.6. The van der Waals surface area contributed by atoms with Crippen molar-refractivity contribution in [3.05, 3.63) is 23.2 Å². The minimum Gasteiger partial charge on any atom is -0.433 e. The van der Waals surface area contributed by atoms with Crippen LogP contribution in [0.2, 0.25) is 5.02 Å². The molecule has 24 heavy (non-hydrogen) atoms. The third kappa shape index (κ3) is 4.96. The number of hydrogen-bond acceptors (Lipinski definition) is 4. The van der Waals surface area contributed by atoms with Gasteiger partial charge in [0.25, 0.3) is 0 Å². The average molecular weight is 358 g/mol. The number of nitrogens with one attached hydrogen (secondary N) is 2. The lowest BCUT2D eigenvalue weighted by Crippen LogP contribution is -2.50. The first-order chi connectivity index (χ1) is 11.4. The molecule has 0 unspecified atom stereocenters. The first-order valence-electron chi connectivity index (χ1n) is 7.65. The number of hydrogen-bond donors (Lipinski definition) is 2. The number of amides is 1. The molecule has 0 spiro atoms. The van der Waals surface area contributed by atoms with Crippen molar-refractivity contribution in [3.63, 3.8) is 0 Å². The van der Waals surface area contributed by atoms with Crippen LogP contribution in [0.3, 0.4) is 0 Å². The quantitative estimate of drug-likeness (QED) is 0.814. The Kier molecular flexibility index (Phi) is 6.21. The lowest BCUT2D eigenvalue weighted by molar-refractivity contribution is -0.121. The van der Waals surface area contributed by atoms with E-state index in [2.05, 4.69) is 21.4 Å². The zero-order valence-corrected chi connectivity index (χ0v) is 13.7. The molecule has 2 N–H and O–H groups in total. The van der Waals surface area contributed by atoms with Crippen LogP contribution >= 0.6 is 11.6 Å². The molecule has 0 bridgehead atoms. The molecule has 8 heteroatoms. The summed E-state index contributed by atoms with van der Waals surface area (Å²) >= 11 is 5.85. The van der Waals surface area contributed by atoms with E-state index in [1.165, 1.54) is 18.2 Å². The molecule has 1 amide bonds. The van der Waals surface area contributed by atoms with Crippen LogP contribution < -0.4 is 15.4 Å². The molecule has 130 valence electrons. The van der Waals surface area contributed by atoms with Gasteiger partial charge in [-0.1, -0.05) is 30.9 Å². The summed E-state index contributed by atoms with van der Waals surface area (Å²) in [5.41, 5.74) is -0.296. The molecular weight excluding hydrogens is 340 g/mol. The van der Waals surface area contributed by atoms with Crippen LogP contribution in [0.4, 0.5) is 14.5 Å². The van der Waals surface area contributed by atoms with E-state index in [0.717, 1.165) is 19.3 Å². The first kappa shape index (κ1) is 18.3. The standard InChI is InChI=1S/C16H18ClF2N3O2/c17-12-8-11(4-5-13(12)24-15(18)19)21-9-14(23)22-16(10-20)6-2-1-3-7-16/h4-5,8,15,21H,1-3,6-7,9H2,(H,22,23). The molecule has 5 nitrogen and oxygen atoms in total. The molecule has 1 saturated carbocycles. The second-order valence-corrected chi connectivity index (χ2v) is 6.09. The molecule has 0 aliphatic heterocycles. The van der Waals surface area contributed by atoms with Crippen molar-refractivity contribution >= 4 is 23.2 Å². The predicted octanol–water partition coefficient (Wildman–Crippen LogP) is 3.70. The van der Waals surface area contributed by atoms with Crippen molar-refractivity contribution in [1.82, 2.24) is 5.32 Å². The van der Waals surface area contributed by atoms with E-state index in [1.807, 2.05) is 0 Å². The fourth-order valence-electron chi connectivity index (χ4n) is 2.72. The number of ether oxygens (including phenoxy) is 1. The number of carbonyl (C=O) groups is 1. The highest BCUT2D eigenvalue weighted by atomic mass is 35.5. The number of alkyl halides is 2. The van der Waals surface area contributed by atoms with Crippen LogP contribution in [-0.2, 0) is 4.79 Å². The van der Waals surface area contributed by atoms with Gasteiger partial charge in [0.05, 0.1) is 17.6 Å². The summed E-state index contributed by atoms with van der Waals surface area (Å²) in [5, 5.41) is 15.0. The molecule has 0 aromatic heterocycles. The van der Waals surface area contributed by atoms with Crippen molar-refractivity contribution in [2.75, 3.05) is 11.9 Å². The molecule has 0 radical (unpaired) electrons. The van der Waals surface area contributed by atoms with Gasteiger partial charge in [-0.3, -0.25) is 4.79 Å². The number of carbonyl (C=O) groups excluding carboxylic acids is 1. The Bertz CT molecular complexity index is 628. The van der Waals surface area contributed by atoms with E-state index in [1.54, 1.807) is 0 Å². The Balaban J connectivity index is 1.89. The Labute approximate surface area is 143 Å². The Morgan fingerprint density at radius 3 is 2.67 bits per heavy atom. The van der Waals surface area contributed by atoms with Crippen molar-refractivity contribution in [2.24, 2.45) is 0 Å². The summed E-state index contributed by atoms with van der Waals surface area (Å²) in [6.45, 7) is -3.00. The van der Waals surface area contributed by atoms with Crippen molar-refractivity contribution < 1.29 is 18.3 Å². The molecular formula is C16H18ClF2N3O2. The van der Waals surface area contributed by atoms with Gasteiger partial charge in [-0.15, -0.1) is 0 Å². The SMILES string of the molecule is N#CC1(NC(=O)CNc2ccc(OC(F)F)c(Cl)c2)CCCCC1. The van der Waals surface area contributed by atoms with Gasteiger partial charge in [-0.25, -0.2) is 0 Å². The summed E-state index contributed by atoms with van der Waals surface area (Å²) in [4.78, 5) is 12.1. The van der Waals surface area contributed by atoms with Gasteiger partial charge in [0.15, 0.2) is 0 Å². The van der Waals surface area contributed by atoms with Crippen molar-refractivity contribution in [1.29, 1.82) is 5.26 Å². The molecule has 1 aromatic rings. The number of nitriles is 1. The smallest absolute Gasteiger partial charge is 0.387 e. The molecule has 1 fully saturated rings. The molecule has 0 atom stereocenters. The number of halogens is 3. The van der Waals surface area contributed by atoms with Gasteiger partial charge >= 0.3 is 6.61 Å². The second-order valence-electron chi connectivity index (χ2n) is 5.68. The summed E-state index contributed by atoms with van der Waals surface area (Å²) in [6.07, 6.45) is 4.22. The lowest BCUT2D eigenvalue weighted by atomic mass is 9.83. The topological polar surface area (TPSA) is 74.2 Å². The van der Waals surface area contributed by atoms with Crippen LogP contribution in [0.1, 0.15) is 32.1 Å². The van der Waals surface area contributed by atoms with E-state index in [9.17, 15) is 18.8 Å². The fourth-order valence-corrected chi connectivity index (χ4v) is 2.94. The molecule has 0 saturated heterocycles. The van der Waals surface area contributed by atoms with Crippen LogP contribution in [0.25, 0.3) is 0 Å². The number of benzene rings is 1. The third-order valence-electron chi connectivity index (χ3n) is 3.90. The zero-order chi connectivity index (χ0) is 17.6. The van der Waals surface area contributed by atoms with Crippen molar-refractivity contribution in [2.45, 2.75) is 44.3 Å². The largest absolute Gasteiger partial charge is 0.433 e. The van der Waals surface area contributed by atoms with E-state index in [4.69, 9.17) is 11.6 Å². The van der Waals surface area contributed by atoms with E-state index < -0.39 is 12.2 Å². The van der Waals surface area contributed by atoms with Gasteiger partial charge in [-0.2, -0.15) is 14.0 Å². The van der Waals surface area contributed by atoms with Crippen LogP contribution in [0, 0.1) is 11.3 Å². The monoisotopic (exact) mass is 357 g/mol. The fraction of sp³-hybridized carbons (Fsp3) is 0.500. The zero-order valence-electron chi connectivity index (χ0n) is 12.9. The molecule has 1 aromatic carbocycles. The van der Waals surface area contributed by atoms with Gasteiger partial charge in [-0.05, 0) is 31.0 Å². The summed E-state index contributed by atoms with van der Waals surface area (Å²) in [7, 11) is 0. The predicted molar refractivity (Wildman–Crippen MR) is 86.1 cm³/mol. The third-order valence-corrected chi connectivity index (χ3v) is 4.20. The van der Waals surface area contributed by atoms with Crippen LogP contribution in [0.15, 0.2) is 18.2 Å². The highest BCUT2D eigenvalue weighted by molar-refractivity contribution is 6.32. The Hall–Kier alpha value is -2.07. The van der Waals surface area contributed by atoms with Gasteiger partial charge in [0, 0.05) is 5.69 Å².